The van der Waals surface area contributed by atoms with E-state index in [-0.39, 0.29) is 5.56 Å². The highest BCUT2D eigenvalue weighted by molar-refractivity contribution is 6.07. The predicted molar refractivity (Wildman–Crippen MR) is 63.2 cm³/mol. The van der Waals surface area contributed by atoms with Crippen LogP contribution in [0.5, 0.6) is 0 Å². The fraction of sp³-hybridized carbons (Fsp3) is 0.0833. The average Bonchev–Trinajstić information content (AvgIpc) is 2.97. The van der Waals surface area contributed by atoms with Crippen LogP contribution < -0.4 is 0 Å². The van der Waals surface area contributed by atoms with E-state index in [1.54, 1.807) is 23.7 Å². The Kier molecular flexibility index (Phi) is 2.16. The molecule has 0 aromatic carbocycles. The van der Waals surface area contributed by atoms with Crippen LogP contribution in [-0.2, 0) is 7.05 Å². The van der Waals surface area contributed by atoms with E-state index in [2.05, 4.69) is 9.97 Å². The number of aryl methyl sites for hydroxylation is 1. The predicted octanol–water partition coefficient (Wildman–Crippen LogP) is 1.93. The van der Waals surface area contributed by atoms with Crippen molar-refractivity contribution in [1.29, 1.82) is 0 Å². The lowest BCUT2D eigenvalue weighted by molar-refractivity contribution is 0.0699. The normalized spacial score (nSPS) is 10.9. The quantitative estimate of drug-likeness (QED) is 0.743. The maximum Gasteiger partial charge on any atom is 0.338 e. The zero-order chi connectivity index (χ0) is 12.7. The van der Waals surface area contributed by atoms with Crippen molar-refractivity contribution in [2.75, 3.05) is 0 Å². The maximum atomic E-state index is 11.3. The topological polar surface area (TPSA) is 81.2 Å². The minimum absolute atomic E-state index is 0.166. The summed E-state index contributed by atoms with van der Waals surface area (Å²) >= 11 is 0. The smallest absolute Gasteiger partial charge is 0.338 e. The second kappa shape index (κ2) is 3.69. The first-order valence-corrected chi connectivity index (χ1v) is 5.25. The number of carboxylic acids is 1. The lowest BCUT2D eigenvalue weighted by Gasteiger charge is -2.00. The molecule has 3 aromatic heterocycles. The number of carbonyl (C=O) groups is 1. The number of aromatic nitrogens is 3. The lowest BCUT2D eigenvalue weighted by Crippen LogP contribution is -1.96. The number of carboxylic acid groups (broad SMARTS) is 1. The molecule has 0 unspecified atom stereocenters. The van der Waals surface area contributed by atoms with Gasteiger partial charge in [-0.3, -0.25) is 0 Å². The Balaban J connectivity index is 2.43. The molecule has 0 amide bonds. The van der Waals surface area contributed by atoms with E-state index in [1.807, 2.05) is 0 Å². The Hall–Kier alpha value is -2.63. The molecule has 18 heavy (non-hydrogen) atoms. The van der Waals surface area contributed by atoms with Gasteiger partial charge in [-0.1, -0.05) is 0 Å². The molecular weight excluding hydrogens is 234 g/mol. The van der Waals surface area contributed by atoms with Gasteiger partial charge >= 0.3 is 5.97 Å². The zero-order valence-electron chi connectivity index (χ0n) is 9.49. The van der Waals surface area contributed by atoms with Gasteiger partial charge in [-0.25, -0.2) is 14.8 Å². The summed E-state index contributed by atoms with van der Waals surface area (Å²) in [7, 11) is 1.74. The van der Waals surface area contributed by atoms with Crippen LogP contribution in [-0.4, -0.2) is 25.6 Å². The van der Waals surface area contributed by atoms with Crippen LogP contribution in [0.4, 0.5) is 0 Å². The highest BCUT2D eigenvalue weighted by Crippen LogP contribution is 2.29. The Bertz CT molecular complexity index is 728. The zero-order valence-corrected chi connectivity index (χ0v) is 9.49. The minimum atomic E-state index is -1.01. The number of hydrogen-bond donors (Lipinski definition) is 1. The molecule has 3 heterocycles. The number of furan rings is 1. The van der Waals surface area contributed by atoms with Crippen LogP contribution in [0, 0.1) is 0 Å². The van der Waals surface area contributed by atoms with Crippen molar-refractivity contribution in [2.45, 2.75) is 0 Å². The van der Waals surface area contributed by atoms with Crippen molar-refractivity contribution < 1.29 is 14.3 Å². The molecular formula is C12H9N3O3. The fourth-order valence-electron chi connectivity index (χ4n) is 1.97. The molecule has 0 fully saturated rings. The van der Waals surface area contributed by atoms with E-state index >= 15 is 0 Å². The number of nitrogens with zero attached hydrogens (tertiary/aromatic N) is 3. The lowest BCUT2D eigenvalue weighted by atomic mass is 10.1. The van der Waals surface area contributed by atoms with Crippen molar-refractivity contribution in [3.05, 3.63) is 36.5 Å². The van der Waals surface area contributed by atoms with Crippen LogP contribution >= 0.6 is 0 Å². The summed E-state index contributed by atoms with van der Waals surface area (Å²) < 4.78 is 6.94. The van der Waals surface area contributed by atoms with Gasteiger partial charge in [-0.2, -0.15) is 0 Å². The number of hydrogen-bond acceptors (Lipinski definition) is 4. The first kappa shape index (κ1) is 10.5. The standard InChI is InChI=1S/C12H9N3O3/c1-15-5-7(12(16)17)9-10(8-3-2-4-18-8)13-6-14-11(9)15/h2-6H,1H3,(H,16,17). The Morgan fingerprint density at radius 2 is 2.28 bits per heavy atom. The van der Waals surface area contributed by atoms with Gasteiger partial charge in [0, 0.05) is 13.2 Å². The Labute approximate surface area is 102 Å². The van der Waals surface area contributed by atoms with Gasteiger partial charge < -0.3 is 14.1 Å². The van der Waals surface area contributed by atoms with Gasteiger partial charge in [-0.05, 0) is 12.1 Å². The fourth-order valence-corrected chi connectivity index (χ4v) is 1.97. The van der Waals surface area contributed by atoms with Crippen LogP contribution in [0.25, 0.3) is 22.5 Å². The van der Waals surface area contributed by atoms with Gasteiger partial charge in [0.2, 0.25) is 0 Å². The molecule has 6 nitrogen and oxygen atoms in total. The summed E-state index contributed by atoms with van der Waals surface area (Å²) in [6, 6.07) is 3.47. The number of rotatable bonds is 2. The summed E-state index contributed by atoms with van der Waals surface area (Å²) in [6.07, 6.45) is 4.44. The Morgan fingerprint density at radius 1 is 1.44 bits per heavy atom. The molecule has 0 radical (unpaired) electrons. The van der Waals surface area contributed by atoms with Crippen LogP contribution in [0.1, 0.15) is 10.4 Å². The summed E-state index contributed by atoms with van der Waals surface area (Å²) in [4.78, 5) is 19.5. The molecule has 0 spiro atoms. The van der Waals surface area contributed by atoms with Crippen LogP contribution in [0.2, 0.25) is 0 Å². The number of aromatic carboxylic acids is 1. The average molecular weight is 243 g/mol. The number of fused-ring (bicyclic) bond motifs is 1. The molecule has 0 aliphatic heterocycles. The first-order valence-electron chi connectivity index (χ1n) is 5.25. The summed E-state index contributed by atoms with van der Waals surface area (Å²) in [5, 5.41) is 9.71. The van der Waals surface area contributed by atoms with Crippen LogP contribution in [0.3, 0.4) is 0 Å². The van der Waals surface area contributed by atoms with Crippen molar-refractivity contribution in [3.8, 4) is 11.5 Å². The van der Waals surface area contributed by atoms with Gasteiger partial charge in [0.05, 0.1) is 17.2 Å². The summed E-state index contributed by atoms with van der Waals surface area (Å²) in [6.45, 7) is 0. The van der Waals surface area contributed by atoms with Crippen LogP contribution in [0.15, 0.2) is 35.3 Å². The molecule has 1 N–H and O–H groups in total. The van der Waals surface area contributed by atoms with Gasteiger partial charge in [0.1, 0.15) is 17.7 Å². The largest absolute Gasteiger partial charge is 0.478 e. The molecule has 3 aromatic rings. The van der Waals surface area contributed by atoms with E-state index in [0.717, 1.165) is 0 Å². The molecule has 0 aliphatic rings. The van der Waals surface area contributed by atoms with E-state index in [9.17, 15) is 9.90 Å². The summed E-state index contributed by atoms with van der Waals surface area (Å²) in [5.41, 5.74) is 1.22. The highest BCUT2D eigenvalue weighted by atomic mass is 16.4. The highest BCUT2D eigenvalue weighted by Gasteiger charge is 2.19. The second-order valence-electron chi connectivity index (χ2n) is 3.86. The third-order valence-electron chi connectivity index (χ3n) is 2.74. The van der Waals surface area contributed by atoms with Gasteiger partial charge in [0.15, 0.2) is 5.76 Å². The molecule has 3 rings (SSSR count). The molecule has 6 heteroatoms. The third-order valence-corrected chi connectivity index (χ3v) is 2.74. The first-order chi connectivity index (χ1) is 8.68. The molecule has 90 valence electrons. The van der Waals surface area contributed by atoms with Crippen molar-refractivity contribution in [3.63, 3.8) is 0 Å². The van der Waals surface area contributed by atoms with E-state index in [1.165, 1.54) is 18.8 Å². The monoisotopic (exact) mass is 243 g/mol. The van der Waals surface area contributed by atoms with Crippen molar-refractivity contribution in [1.82, 2.24) is 14.5 Å². The van der Waals surface area contributed by atoms with E-state index < -0.39 is 5.97 Å². The van der Waals surface area contributed by atoms with Crippen molar-refractivity contribution >= 4 is 17.0 Å². The third kappa shape index (κ3) is 1.39. The second-order valence-corrected chi connectivity index (χ2v) is 3.86. The molecule has 0 saturated heterocycles. The SMILES string of the molecule is Cn1cc(C(=O)O)c2c(-c3ccco3)ncnc21. The van der Waals surface area contributed by atoms with Gasteiger partial charge in [-0.15, -0.1) is 0 Å². The molecule has 0 saturated carbocycles. The van der Waals surface area contributed by atoms with Gasteiger partial charge in [0.25, 0.3) is 0 Å². The maximum absolute atomic E-state index is 11.3. The minimum Gasteiger partial charge on any atom is -0.478 e. The van der Waals surface area contributed by atoms with E-state index in [0.29, 0.717) is 22.5 Å². The van der Waals surface area contributed by atoms with E-state index in [4.69, 9.17) is 4.42 Å². The Morgan fingerprint density at radius 3 is 2.94 bits per heavy atom. The molecule has 0 atom stereocenters. The molecule has 0 bridgehead atoms. The summed E-state index contributed by atoms with van der Waals surface area (Å²) in [5.74, 6) is -0.487. The molecule has 0 aliphatic carbocycles. The van der Waals surface area contributed by atoms with Crippen molar-refractivity contribution in [2.24, 2.45) is 7.05 Å².